The number of rotatable bonds is 8. The third kappa shape index (κ3) is 5.90. The van der Waals surface area contributed by atoms with E-state index in [-0.39, 0.29) is 12.4 Å². The van der Waals surface area contributed by atoms with E-state index in [1.54, 1.807) is 7.11 Å². The van der Waals surface area contributed by atoms with Crippen molar-refractivity contribution in [3.05, 3.63) is 58.6 Å². The fraction of sp³-hybridized carbons (Fsp3) is 0.368. The second-order valence-corrected chi connectivity index (χ2v) is 5.98. The smallest absolute Gasteiger partial charge is 0.180 e. The molecule has 0 spiro atoms. The van der Waals surface area contributed by atoms with Gasteiger partial charge in [0.15, 0.2) is 11.5 Å². The molecule has 1 unspecified atom stereocenters. The van der Waals surface area contributed by atoms with E-state index in [9.17, 15) is 0 Å². The number of ether oxygens (including phenoxy) is 2. The van der Waals surface area contributed by atoms with E-state index < -0.39 is 0 Å². The van der Waals surface area contributed by atoms with Crippen LogP contribution in [0.25, 0.3) is 0 Å². The van der Waals surface area contributed by atoms with Gasteiger partial charge in [-0.3, -0.25) is 0 Å². The summed E-state index contributed by atoms with van der Waals surface area (Å²) in [6.07, 6.45) is 1.09. The third-order valence-corrected chi connectivity index (χ3v) is 4.06. The minimum absolute atomic E-state index is 0. The molecule has 3 nitrogen and oxygen atoms in total. The zero-order valence-corrected chi connectivity index (χ0v) is 15.9. The highest BCUT2D eigenvalue weighted by Gasteiger charge is 2.12. The Bertz CT molecular complexity index is 620. The Morgan fingerprint density at radius 3 is 2.46 bits per heavy atom. The highest BCUT2D eigenvalue weighted by Crippen LogP contribution is 2.37. The van der Waals surface area contributed by atoms with Crippen LogP contribution in [0.1, 0.15) is 31.4 Å². The Morgan fingerprint density at radius 1 is 1.12 bits per heavy atom. The molecule has 2 rings (SSSR count). The van der Waals surface area contributed by atoms with Crippen LogP contribution in [0.15, 0.2) is 42.5 Å². The molecule has 1 atom stereocenters. The molecule has 0 aliphatic heterocycles. The summed E-state index contributed by atoms with van der Waals surface area (Å²) in [6, 6.07) is 14.4. The molecule has 0 saturated heterocycles. The van der Waals surface area contributed by atoms with E-state index in [1.807, 2.05) is 42.5 Å². The lowest BCUT2D eigenvalue weighted by molar-refractivity contribution is 0.284. The molecule has 0 radical (unpaired) electrons. The summed E-state index contributed by atoms with van der Waals surface area (Å²) in [6.45, 7) is 5.54. The van der Waals surface area contributed by atoms with Crippen molar-refractivity contribution >= 4 is 24.0 Å². The second-order valence-electron chi connectivity index (χ2n) is 5.57. The van der Waals surface area contributed by atoms with Crippen molar-refractivity contribution < 1.29 is 9.47 Å². The van der Waals surface area contributed by atoms with Gasteiger partial charge >= 0.3 is 0 Å². The second kappa shape index (κ2) is 10.4. The summed E-state index contributed by atoms with van der Waals surface area (Å²) in [7, 11) is 1.63. The topological polar surface area (TPSA) is 30.5 Å². The van der Waals surface area contributed by atoms with Crippen molar-refractivity contribution in [1.29, 1.82) is 0 Å². The molecule has 2 aromatic carbocycles. The van der Waals surface area contributed by atoms with Gasteiger partial charge in [-0.25, -0.2) is 0 Å². The summed E-state index contributed by atoms with van der Waals surface area (Å²) in [5, 5.41) is 4.02. The van der Waals surface area contributed by atoms with Gasteiger partial charge in [0, 0.05) is 12.6 Å². The molecule has 0 saturated carbocycles. The van der Waals surface area contributed by atoms with Crippen LogP contribution in [0, 0.1) is 0 Å². The summed E-state index contributed by atoms with van der Waals surface area (Å²) >= 11 is 6.40. The maximum Gasteiger partial charge on any atom is 0.180 e. The van der Waals surface area contributed by atoms with Crippen LogP contribution in [-0.4, -0.2) is 13.2 Å². The first-order chi connectivity index (χ1) is 11.1. The van der Waals surface area contributed by atoms with Gasteiger partial charge in [-0.05, 0) is 36.6 Å². The highest BCUT2D eigenvalue weighted by atomic mass is 35.5. The summed E-state index contributed by atoms with van der Waals surface area (Å²) in [4.78, 5) is 0. The van der Waals surface area contributed by atoms with E-state index >= 15 is 0 Å². The predicted molar refractivity (Wildman–Crippen MR) is 103 cm³/mol. The van der Waals surface area contributed by atoms with Crippen LogP contribution >= 0.6 is 24.0 Å². The third-order valence-electron chi connectivity index (χ3n) is 3.78. The van der Waals surface area contributed by atoms with Gasteiger partial charge in [-0.15, -0.1) is 12.4 Å². The van der Waals surface area contributed by atoms with Crippen molar-refractivity contribution in [2.24, 2.45) is 0 Å². The summed E-state index contributed by atoms with van der Waals surface area (Å²) in [5.41, 5.74) is 2.17. The molecule has 1 N–H and O–H groups in total. The van der Waals surface area contributed by atoms with Crippen LogP contribution in [0.2, 0.25) is 5.02 Å². The maximum absolute atomic E-state index is 6.40. The Kier molecular flexibility index (Phi) is 8.98. The van der Waals surface area contributed by atoms with Crippen molar-refractivity contribution in [3.63, 3.8) is 0 Å². The first kappa shape index (κ1) is 20.6. The van der Waals surface area contributed by atoms with Gasteiger partial charge < -0.3 is 14.8 Å². The molecule has 24 heavy (non-hydrogen) atoms. The normalized spacial score (nSPS) is 11.5. The molecule has 132 valence electrons. The monoisotopic (exact) mass is 369 g/mol. The van der Waals surface area contributed by atoms with E-state index in [4.69, 9.17) is 21.1 Å². The first-order valence-corrected chi connectivity index (χ1v) is 8.28. The van der Waals surface area contributed by atoms with Crippen LogP contribution in [0.3, 0.4) is 0 Å². The van der Waals surface area contributed by atoms with E-state index in [0.717, 1.165) is 24.1 Å². The zero-order valence-electron chi connectivity index (χ0n) is 14.3. The lowest BCUT2D eigenvalue weighted by Gasteiger charge is -2.16. The molecule has 0 heterocycles. The molecular formula is C19H25Cl2NO2. The minimum atomic E-state index is 0. The lowest BCUT2D eigenvalue weighted by Crippen LogP contribution is -2.24. The number of nitrogens with one attached hydrogen (secondary N) is 1. The zero-order chi connectivity index (χ0) is 16.7. The Balaban J connectivity index is 0.00000288. The number of benzene rings is 2. The van der Waals surface area contributed by atoms with Crippen LogP contribution in [-0.2, 0) is 13.2 Å². The van der Waals surface area contributed by atoms with Gasteiger partial charge in [-0.2, -0.15) is 0 Å². The Labute approximate surface area is 155 Å². The van der Waals surface area contributed by atoms with Gasteiger partial charge in [0.2, 0.25) is 0 Å². The predicted octanol–water partition coefficient (Wildman–Crippen LogP) is 5.24. The van der Waals surface area contributed by atoms with E-state index in [1.165, 1.54) is 0 Å². The number of halogens is 2. The standard InChI is InChI=1S/C19H24ClNO2.ClH/c1-4-14(2)21-12-16-10-17(20)19(18(11-16)22-3)23-13-15-8-6-5-7-9-15;/h5-11,14,21H,4,12-13H2,1-3H3;1H. The highest BCUT2D eigenvalue weighted by molar-refractivity contribution is 6.32. The van der Waals surface area contributed by atoms with Gasteiger partial charge in [0.1, 0.15) is 6.61 Å². The minimum Gasteiger partial charge on any atom is -0.493 e. The molecule has 0 bridgehead atoms. The largest absolute Gasteiger partial charge is 0.493 e. The average Bonchev–Trinajstić information content (AvgIpc) is 2.59. The van der Waals surface area contributed by atoms with Gasteiger partial charge in [0.25, 0.3) is 0 Å². The molecule has 0 aromatic heterocycles. The molecule has 0 fully saturated rings. The SMILES string of the molecule is CCC(C)NCc1cc(Cl)c(OCc2ccccc2)c(OC)c1.Cl. The van der Waals surface area contributed by atoms with E-state index in [0.29, 0.717) is 29.2 Å². The van der Waals surface area contributed by atoms with Crippen molar-refractivity contribution in [2.75, 3.05) is 7.11 Å². The van der Waals surface area contributed by atoms with Crippen LogP contribution < -0.4 is 14.8 Å². The van der Waals surface area contributed by atoms with Crippen molar-refractivity contribution in [1.82, 2.24) is 5.32 Å². The Morgan fingerprint density at radius 2 is 1.83 bits per heavy atom. The fourth-order valence-corrected chi connectivity index (χ4v) is 2.47. The molecule has 5 heteroatoms. The number of methoxy groups -OCH3 is 1. The van der Waals surface area contributed by atoms with Crippen molar-refractivity contribution in [2.45, 2.75) is 39.5 Å². The molecule has 2 aromatic rings. The van der Waals surface area contributed by atoms with Crippen molar-refractivity contribution in [3.8, 4) is 11.5 Å². The molecule has 0 amide bonds. The van der Waals surface area contributed by atoms with Gasteiger partial charge in [0.05, 0.1) is 12.1 Å². The fourth-order valence-electron chi connectivity index (χ4n) is 2.18. The number of hydrogen-bond acceptors (Lipinski definition) is 3. The number of hydrogen-bond donors (Lipinski definition) is 1. The van der Waals surface area contributed by atoms with E-state index in [2.05, 4.69) is 19.2 Å². The quantitative estimate of drug-likeness (QED) is 0.690. The average molecular weight is 370 g/mol. The Hall–Kier alpha value is -1.42. The van der Waals surface area contributed by atoms with Gasteiger partial charge in [-0.1, -0.05) is 48.9 Å². The lowest BCUT2D eigenvalue weighted by atomic mass is 10.1. The summed E-state index contributed by atoms with van der Waals surface area (Å²) in [5.74, 6) is 1.25. The van der Waals surface area contributed by atoms with Crippen LogP contribution in [0.5, 0.6) is 11.5 Å². The first-order valence-electron chi connectivity index (χ1n) is 7.90. The molecule has 0 aliphatic rings. The van der Waals surface area contributed by atoms with Crippen LogP contribution in [0.4, 0.5) is 0 Å². The maximum atomic E-state index is 6.40. The molecular weight excluding hydrogens is 345 g/mol. The molecule has 0 aliphatic carbocycles. The summed E-state index contributed by atoms with van der Waals surface area (Å²) < 4.78 is 11.3.